The number of nitrogens with zero attached hydrogens (tertiary/aromatic N) is 1. The molecule has 1 aliphatic rings. The average molecular weight is 593 g/mol. The quantitative estimate of drug-likeness (QED) is 0.180. The van der Waals surface area contributed by atoms with E-state index in [0.29, 0.717) is 11.1 Å². The molecule has 0 spiro atoms. The van der Waals surface area contributed by atoms with Crippen molar-refractivity contribution in [1.29, 1.82) is 0 Å². The minimum atomic E-state index is -4.08. The number of aliphatic hydroxyl groups excluding tert-OH is 1. The van der Waals surface area contributed by atoms with Crippen molar-refractivity contribution in [2.45, 2.75) is 57.8 Å². The highest BCUT2D eigenvalue weighted by Gasteiger charge is 2.53. The number of H-pyrrole nitrogens is 1. The van der Waals surface area contributed by atoms with Crippen LogP contribution in [0.5, 0.6) is 5.75 Å². The van der Waals surface area contributed by atoms with Gasteiger partial charge >= 0.3 is 13.6 Å². The fourth-order valence-electron chi connectivity index (χ4n) is 4.48. The third kappa shape index (κ3) is 6.54. The average Bonchev–Trinajstić information content (AvgIpc) is 3.11. The zero-order chi connectivity index (χ0) is 29.2. The Hall–Kier alpha value is -2.86. The second kappa shape index (κ2) is 11.9. The van der Waals surface area contributed by atoms with Crippen LogP contribution in [0.25, 0.3) is 10.8 Å². The maximum Gasteiger partial charge on any atom is 0.380 e. The number of benzene rings is 2. The molecule has 13 heteroatoms. The molecule has 40 heavy (non-hydrogen) atoms. The molecule has 2 heterocycles. The zero-order valence-corrected chi connectivity index (χ0v) is 24.3. The van der Waals surface area contributed by atoms with Crippen LogP contribution in [-0.2, 0) is 23.4 Å². The van der Waals surface area contributed by atoms with Crippen LogP contribution in [0.15, 0.2) is 59.5 Å². The summed E-state index contributed by atoms with van der Waals surface area (Å²) < 4.78 is 38.5. The van der Waals surface area contributed by atoms with Crippen molar-refractivity contribution < 1.29 is 38.1 Å². The van der Waals surface area contributed by atoms with Crippen LogP contribution in [0.1, 0.15) is 33.9 Å². The summed E-state index contributed by atoms with van der Waals surface area (Å²) in [6.07, 6.45) is -3.16. The van der Waals surface area contributed by atoms with Crippen LogP contribution in [-0.4, -0.2) is 62.4 Å². The summed E-state index contributed by atoms with van der Waals surface area (Å²) >= 11 is 5.19. The third-order valence-electron chi connectivity index (χ3n) is 6.53. The summed E-state index contributed by atoms with van der Waals surface area (Å²) in [5.41, 5.74) is -2.28. The standard InChI is InChI=1S/C27H33N2O9PS/c1-16(2)36-24(32)17(3)15-39(34,38-20-11-7-9-18-8-5-6-10-19(18)20)35-14-21-23(31)27(4,33)25(37-21)29-13-12-22(30)28-26(29)40/h5-13,16-17,21,23,25,31,33H,14-15H2,1-4H3,(H,28,30,40)/t17-,21-,23+,25-,27?,39-/m1/s1. The van der Waals surface area contributed by atoms with E-state index in [1.165, 1.54) is 23.8 Å². The lowest BCUT2D eigenvalue weighted by Gasteiger charge is -2.28. The van der Waals surface area contributed by atoms with Crippen LogP contribution in [0.4, 0.5) is 0 Å². The predicted octanol–water partition coefficient (Wildman–Crippen LogP) is 3.94. The number of rotatable bonds is 10. The topological polar surface area (TPSA) is 149 Å². The van der Waals surface area contributed by atoms with E-state index in [9.17, 15) is 24.4 Å². The Kier molecular flexibility index (Phi) is 8.99. The van der Waals surface area contributed by atoms with Gasteiger partial charge < -0.3 is 24.2 Å². The smallest absolute Gasteiger partial charge is 0.380 e. The molecule has 0 aliphatic carbocycles. The van der Waals surface area contributed by atoms with E-state index >= 15 is 0 Å². The van der Waals surface area contributed by atoms with Crippen LogP contribution in [0.2, 0.25) is 0 Å². The molecule has 1 aliphatic heterocycles. The lowest BCUT2D eigenvalue weighted by atomic mass is 9.96. The summed E-state index contributed by atoms with van der Waals surface area (Å²) in [6.45, 7) is 5.89. The Labute approximate surface area is 236 Å². The van der Waals surface area contributed by atoms with Gasteiger partial charge in [-0.25, -0.2) is 4.57 Å². The number of hydrogen-bond donors (Lipinski definition) is 3. The van der Waals surface area contributed by atoms with Crippen LogP contribution in [0.3, 0.4) is 0 Å². The first-order chi connectivity index (χ1) is 18.8. The molecular formula is C27H33N2O9PS. The number of ether oxygens (including phenoxy) is 2. The van der Waals surface area contributed by atoms with E-state index in [0.717, 1.165) is 5.39 Å². The fourth-order valence-corrected chi connectivity index (χ4v) is 6.62. The summed E-state index contributed by atoms with van der Waals surface area (Å²) in [5.74, 6) is -1.11. The molecule has 1 fully saturated rings. The molecule has 1 aromatic heterocycles. The highest BCUT2D eigenvalue weighted by molar-refractivity contribution is 7.71. The van der Waals surface area contributed by atoms with Crippen molar-refractivity contribution in [2.24, 2.45) is 5.92 Å². The molecule has 0 saturated carbocycles. The Bertz CT molecular complexity index is 1530. The van der Waals surface area contributed by atoms with E-state index < -0.39 is 55.7 Å². The van der Waals surface area contributed by atoms with E-state index in [2.05, 4.69) is 4.98 Å². The number of aromatic nitrogens is 2. The Morgan fingerprint density at radius 3 is 2.60 bits per heavy atom. The second-order valence-corrected chi connectivity index (χ2v) is 12.7. The third-order valence-corrected chi connectivity index (χ3v) is 8.86. The van der Waals surface area contributed by atoms with Crippen molar-refractivity contribution in [3.63, 3.8) is 0 Å². The number of carbonyl (C=O) groups is 1. The number of aliphatic hydroxyl groups is 2. The molecule has 4 rings (SSSR count). The van der Waals surface area contributed by atoms with Gasteiger partial charge in [0.05, 0.1) is 24.8 Å². The fraction of sp³-hybridized carbons (Fsp3) is 0.444. The Morgan fingerprint density at radius 1 is 1.20 bits per heavy atom. The van der Waals surface area contributed by atoms with E-state index in [-0.39, 0.29) is 17.0 Å². The van der Waals surface area contributed by atoms with Crippen LogP contribution in [0, 0.1) is 10.7 Å². The van der Waals surface area contributed by atoms with Gasteiger partial charge in [-0.05, 0) is 44.4 Å². The van der Waals surface area contributed by atoms with E-state index in [4.69, 9.17) is 30.7 Å². The zero-order valence-electron chi connectivity index (χ0n) is 22.6. The summed E-state index contributed by atoms with van der Waals surface area (Å²) in [4.78, 5) is 26.6. The first kappa shape index (κ1) is 30.1. The van der Waals surface area contributed by atoms with Gasteiger partial charge in [0.25, 0.3) is 5.56 Å². The summed E-state index contributed by atoms with van der Waals surface area (Å²) in [7, 11) is -4.08. The van der Waals surface area contributed by atoms with Crippen molar-refractivity contribution >= 4 is 36.6 Å². The first-order valence-electron chi connectivity index (χ1n) is 12.8. The molecule has 0 radical (unpaired) electrons. The SMILES string of the molecule is CC(C)OC(=O)[C@H](C)C[P@@](=O)(OC[C@H]1O[C@@H](n2ccc(=O)[nH]c2=S)C(C)(O)[C@H]1O)Oc1cccc2ccccc12. The van der Waals surface area contributed by atoms with Crippen molar-refractivity contribution in [3.05, 3.63) is 69.9 Å². The maximum atomic E-state index is 14.2. The molecule has 1 saturated heterocycles. The van der Waals surface area contributed by atoms with E-state index in [1.807, 2.05) is 30.3 Å². The first-order valence-corrected chi connectivity index (χ1v) is 14.9. The Balaban J connectivity index is 1.60. The van der Waals surface area contributed by atoms with Gasteiger partial charge in [0, 0.05) is 17.6 Å². The van der Waals surface area contributed by atoms with Gasteiger partial charge in [0.2, 0.25) is 0 Å². The van der Waals surface area contributed by atoms with Crippen LogP contribution >= 0.6 is 19.8 Å². The lowest BCUT2D eigenvalue weighted by molar-refractivity contribution is -0.151. The van der Waals surface area contributed by atoms with Gasteiger partial charge in [-0.15, -0.1) is 0 Å². The molecule has 0 amide bonds. The molecule has 6 atom stereocenters. The minimum absolute atomic E-state index is 0.0195. The van der Waals surface area contributed by atoms with Gasteiger partial charge in [-0.3, -0.25) is 23.7 Å². The highest BCUT2D eigenvalue weighted by atomic mass is 32.1. The predicted molar refractivity (Wildman–Crippen MR) is 150 cm³/mol. The monoisotopic (exact) mass is 592 g/mol. The molecule has 11 nitrogen and oxygen atoms in total. The molecule has 3 aromatic rings. The van der Waals surface area contributed by atoms with Crippen molar-refractivity contribution in [2.75, 3.05) is 12.8 Å². The number of aromatic amines is 1. The van der Waals surface area contributed by atoms with Gasteiger partial charge in [-0.1, -0.05) is 43.3 Å². The minimum Gasteiger partial charge on any atom is -0.463 e. The summed E-state index contributed by atoms with van der Waals surface area (Å²) in [5, 5.41) is 23.5. The van der Waals surface area contributed by atoms with Crippen LogP contribution < -0.4 is 10.1 Å². The second-order valence-electron chi connectivity index (χ2n) is 10.3. The van der Waals surface area contributed by atoms with Gasteiger partial charge in [0.1, 0.15) is 23.6 Å². The molecule has 3 N–H and O–H groups in total. The van der Waals surface area contributed by atoms with Crippen molar-refractivity contribution in [3.8, 4) is 5.75 Å². The number of carbonyl (C=O) groups excluding carboxylic acids is 1. The number of fused-ring (bicyclic) bond motifs is 1. The number of nitrogens with one attached hydrogen (secondary N) is 1. The number of hydrogen-bond acceptors (Lipinski definition) is 10. The summed E-state index contributed by atoms with van der Waals surface area (Å²) in [6, 6.07) is 13.8. The normalized spacial score (nSPS) is 25.0. The maximum absolute atomic E-state index is 14.2. The molecule has 1 unspecified atom stereocenters. The Morgan fingerprint density at radius 2 is 1.90 bits per heavy atom. The molecule has 0 bridgehead atoms. The number of esters is 1. The van der Waals surface area contributed by atoms with Gasteiger partial charge in [-0.2, -0.15) is 0 Å². The molecule has 216 valence electrons. The highest BCUT2D eigenvalue weighted by Crippen LogP contribution is 2.52. The molecular weight excluding hydrogens is 559 g/mol. The molecule has 2 aromatic carbocycles. The van der Waals surface area contributed by atoms with Gasteiger partial charge in [0.15, 0.2) is 11.0 Å². The lowest BCUT2D eigenvalue weighted by Crippen LogP contribution is -2.44. The van der Waals surface area contributed by atoms with E-state index in [1.54, 1.807) is 32.9 Å². The largest absolute Gasteiger partial charge is 0.463 e. The van der Waals surface area contributed by atoms with Crippen molar-refractivity contribution in [1.82, 2.24) is 9.55 Å².